The summed E-state index contributed by atoms with van der Waals surface area (Å²) in [5.41, 5.74) is 0.866. The minimum atomic E-state index is -0.334. The van der Waals surface area contributed by atoms with Crippen LogP contribution in [-0.4, -0.2) is 25.8 Å². The van der Waals surface area contributed by atoms with Crippen LogP contribution in [0.5, 0.6) is 11.5 Å². The minimum absolute atomic E-state index is 0.286. The number of amides is 1. The number of rotatable bonds is 5. The molecule has 0 spiro atoms. The van der Waals surface area contributed by atoms with Crippen molar-refractivity contribution in [3.63, 3.8) is 0 Å². The van der Waals surface area contributed by atoms with E-state index in [9.17, 15) is 4.79 Å². The topological polar surface area (TPSA) is 71.4 Å². The molecule has 19 heavy (non-hydrogen) atoms. The second kappa shape index (κ2) is 6.94. The first-order valence-electron chi connectivity index (χ1n) is 5.43. The number of halogens is 1. The number of carbonyl (C=O) groups is 1. The van der Waals surface area contributed by atoms with Gasteiger partial charge in [-0.15, -0.1) is 0 Å². The van der Waals surface area contributed by atoms with E-state index < -0.39 is 0 Å². The van der Waals surface area contributed by atoms with Gasteiger partial charge < -0.3 is 20.2 Å². The molecule has 102 valence electrons. The van der Waals surface area contributed by atoms with Crippen LogP contribution in [0.3, 0.4) is 0 Å². The molecule has 0 aromatic heterocycles. The summed E-state index contributed by atoms with van der Waals surface area (Å²) in [7, 11) is 3.07. The van der Waals surface area contributed by atoms with Crippen molar-refractivity contribution in [2.45, 2.75) is 6.92 Å². The van der Waals surface area contributed by atoms with Crippen LogP contribution in [0.25, 0.3) is 0 Å². The molecule has 0 saturated heterocycles. The smallest absolute Gasteiger partial charge is 0.262 e. The molecule has 5 nitrogen and oxygen atoms in total. The molecule has 1 amide bonds. The second-order valence-electron chi connectivity index (χ2n) is 3.70. The Morgan fingerprint density at radius 2 is 1.95 bits per heavy atom. The third kappa shape index (κ3) is 4.40. The third-order valence-electron chi connectivity index (χ3n) is 2.20. The number of hydrogen-bond donors (Lipinski definition) is 2. The Kier molecular flexibility index (Phi) is 5.57. The summed E-state index contributed by atoms with van der Waals surface area (Å²) in [6.45, 7) is 1.59. The monoisotopic (exact) mass is 326 g/mol. The largest absolute Gasteiger partial charge is 0.493 e. The van der Waals surface area contributed by atoms with Gasteiger partial charge in [0.25, 0.3) is 5.91 Å². The van der Waals surface area contributed by atoms with Gasteiger partial charge in [-0.2, -0.15) is 0 Å². The van der Waals surface area contributed by atoms with E-state index in [1.807, 2.05) is 0 Å². The fourth-order valence-electron chi connectivity index (χ4n) is 1.36. The molecule has 0 bridgehead atoms. The van der Waals surface area contributed by atoms with Crippen molar-refractivity contribution in [2.24, 2.45) is 0 Å². The van der Waals surface area contributed by atoms with Gasteiger partial charge in [-0.25, -0.2) is 0 Å². The Morgan fingerprint density at radius 3 is 2.47 bits per heavy atom. The van der Waals surface area contributed by atoms with Crippen molar-refractivity contribution in [3.8, 4) is 11.5 Å². The number of allylic oxidation sites excluding steroid dienone is 1. The van der Waals surface area contributed by atoms with Gasteiger partial charge in [0.05, 0.1) is 18.7 Å². The first-order valence-corrected chi connectivity index (χ1v) is 6.23. The molecule has 1 aromatic rings. The normalized spacial score (nSPS) is 10.8. The molecule has 1 rings (SSSR count). The molecule has 0 atom stereocenters. The molecule has 0 aliphatic heterocycles. The summed E-state index contributed by atoms with van der Waals surface area (Å²) in [5.74, 6) is 0.785. The molecule has 0 fully saturated rings. The Morgan fingerprint density at radius 1 is 1.32 bits per heavy atom. The predicted molar refractivity (Wildman–Crippen MR) is 78.6 cm³/mol. The van der Waals surface area contributed by atoms with Gasteiger partial charge in [0.15, 0.2) is 11.5 Å². The summed E-state index contributed by atoms with van der Waals surface area (Å²) in [4.78, 5) is 11.8. The maximum absolute atomic E-state index is 11.8. The van der Waals surface area contributed by atoms with Crippen LogP contribution in [0.2, 0.25) is 0 Å². The fraction of sp³-hybridized carbons (Fsp3) is 0.231. The highest BCUT2D eigenvalue weighted by atomic mass is 79.9. The molecule has 0 saturated carbocycles. The molecule has 0 radical (unpaired) electrons. The lowest BCUT2D eigenvalue weighted by molar-refractivity contribution is -0.112. The number of anilines is 1. The quantitative estimate of drug-likeness (QED) is 0.645. The van der Waals surface area contributed by atoms with Gasteiger partial charge in [-0.1, -0.05) is 0 Å². The molecule has 2 N–H and O–H groups in total. The maximum atomic E-state index is 11.8. The molecule has 0 aliphatic rings. The Hall–Kier alpha value is -1.82. The van der Waals surface area contributed by atoms with E-state index in [1.165, 1.54) is 13.2 Å². The Balaban J connectivity index is 2.89. The van der Waals surface area contributed by atoms with Gasteiger partial charge in [0, 0.05) is 17.5 Å². The lowest BCUT2D eigenvalue weighted by atomic mass is 10.2. The van der Waals surface area contributed by atoms with Gasteiger partial charge in [-0.05, 0) is 41.1 Å². The van der Waals surface area contributed by atoms with Crippen LogP contribution < -0.4 is 14.8 Å². The number of nitrogens with one attached hydrogen (secondary N) is 2. The lowest BCUT2D eigenvalue weighted by Crippen LogP contribution is -2.12. The van der Waals surface area contributed by atoms with Crippen LogP contribution in [-0.2, 0) is 4.79 Å². The first kappa shape index (κ1) is 15.2. The number of methoxy groups -OCH3 is 2. The SMILES string of the molecule is COc1ccc(NC(=O)/C(Br)=C\C(C)=N)cc1OC. The molecule has 6 heteroatoms. The molecular weight excluding hydrogens is 312 g/mol. The van der Waals surface area contributed by atoms with E-state index in [0.29, 0.717) is 17.2 Å². The number of carbonyl (C=O) groups excluding carboxylic acids is 1. The fourth-order valence-corrected chi connectivity index (χ4v) is 1.80. The van der Waals surface area contributed by atoms with Crippen molar-refractivity contribution in [3.05, 3.63) is 28.8 Å². The standard InChI is InChI=1S/C13H15BrN2O3/c1-8(15)6-10(14)13(17)16-9-4-5-11(18-2)12(7-9)19-3/h4-7,15H,1-3H3,(H,16,17)/b10-6+,15-8?. The zero-order valence-corrected chi connectivity index (χ0v) is 12.5. The van der Waals surface area contributed by atoms with Crippen LogP contribution in [0.4, 0.5) is 5.69 Å². The van der Waals surface area contributed by atoms with E-state index in [2.05, 4.69) is 21.2 Å². The van der Waals surface area contributed by atoms with E-state index in [1.54, 1.807) is 32.2 Å². The van der Waals surface area contributed by atoms with E-state index in [-0.39, 0.29) is 16.1 Å². The zero-order valence-electron chi connectivity index (χ0n) is 10.9. The summed E-state index contributed by atoms with van der Waals surface area (Å²) in [5, 5.41) is 9.98. The number of hydrogen-bond acceptors (Lipinski definition) is 4. The van der Waals surface area contributed by atoms with E-state index in [0.717, 1.165) is 0 Å². The van der Waals surface area contributed by atoms with Crippen molar-refractivity contribution in [1.82, 2.24) is 0 Å². The van der Waals surface area contributed by atoms with Gasteiger partial charge in [0.1, 0.15) is 0 Å². The second-order valence-corrected chi connectivity index (χ2v) is 4.55. The predicted octanol–water partition coefficient (Wildman–Crippen LogP) is 2.96. The third-order valence-corrected chi connectivity index (χ3v) is 2.79. The van der Waals surface area contributed by atoms with Crippen LogP contribution in [0.15, 0.2) is 28.8 Å². The highest BCUT2D eigenvalue weighted by Crippen LogP contribution is 2.30. The maximum Gasteiger partial charge on any atom is 0.262 e. The van der Waals surface area contributed by atoms with E-state index in [4.69, 9.17) is 14.9 Å². The van der Waals surface area contributed by atoms with Crippen LogP contribution in [0, 0.1) is 5.41 Å². The van der Waals surface area contributed by atoms with Crippen LogP contribution in [0.1, 0.15) is 6.92 Å². The Bertz CT molecular complexity index is 527. The highest BCUT2D eigenvalue weighted by molar-refractivity contribution is 9.12. The van der Waals surface area contributed by atoms with Crippen LogP contribution >= 0.6 is 15.9 Å². The first-order chi connectivity index (χ1) is 8.97. The van der Waals surface area contributed by atoms with Gasteiger partial charge >= 0.3 is 0 Å². The molecule has 0 unspecified atom stereocenters. The van der Waals surface area contributed by atoms with Crippen molar-refractivity contribution < 1.29 is 14.3 Å². The molecule has 0 heterocycles. The summed E-state index contributed by atoms with van der Waals surface area (Å²) in [6, 6.07) is 5.07. The minimum Gasteiger partial charge on any atom is -0.493 e. The number of ether oxygens (including phenoxy) is 2. The zero-order chi connectivity index (χ0) is 14.4. The van der Waals surface area contributed by atoms with Crippen molar-refractivity contribution in [2.75, 3.05) is 19.5 Å². The van der Waals surface area contributed by atoms with E-state index >= 15 is 0 Å². The van der Waals surface area contributed by atoms with Crippen molar-refractivity contribution >= 4 is 33.2 Å². The van der Waals surface area contributed by atoms with Crippen molar-refractivity contribution in [1.29, 1.82) is 5.41 Å². The lowest BCUT2D eigenvalue weighted by Gasteiger charge is -2.10. The van der Waals surface area contributed by atoms with Gasteiger partial charge in [0.2, 0.25) is 0 Å². The average molecular weight is 327 g/mol. The average Bonchev–Trinajstić information content (AvgIpc) is 2.37. The molecule has 1 aromatic carbocycles. The Labute approximate surface area is 120 Å². The highest BCUT2D eigenvalue weighted by Gasteiger charge is 2.09. The molecular formula is C13H15BrN2O3. The summed E-state index contributed by atoms with van der Waals surface area (Å²) in [6.07, 6.45) is 1.43. The summed E-state index contributed by atoms with van der Waals surface area (Å²) < 4.78 is 10.5. The molecule has 0 aliphatic carbocycles. The number of benzene rings is 1. The van der Waals surface area contributed by atoms with Gasteiger partial charge in [-0.3, -0.25) is 4.79 Å². The summed E-state index contributed by atoms with van der Waals surface area (Å²) >= 11 is 3.12.